The molecule has 2 aliphatic heterocycles. The van der Waals surface area contributed by atoms with Crippen molar-refractivity contribution in [2.24, 2.45) is 0 Å². The minimum absolute atomic E-state index is 1.01. The standard InChI is InChI=1S/C14H24N6/c1-17-5-9-19(10-6-17)13-3-4-14(16-15-13)20-11-7-18(2)8-12-20/h3-4H,5-12H2,1-2H3. The maximum Gasteiger partial charge on any atom is 0.151 e. The Kier molecular flexibility index (Phi) is 4.03. The van der Waals surface area contributed by atoms with Crippen LogP contribution in [0.15, 0.2) is 12.1 Å². The SMILES string of the molecule is CN1CCN(c2ccc(N3CCN(C)CC3)nn2)CC1. The number of hydrogen-bond donors (Lipinski definition) is 0. The average Bonchev–Trinajstić information content (AvgIpc) is 2.49. The first-order chi connectivity index (χ1) is 9.72. The smallest absolute Gasteiger partial charge is 0.151 e. The molecule has 0 saturated carbocycles. The lowest BCUT2D eigenvalue weighted by atomic mass is 10.3. The van der Waals surface area contributed by atoms with E-state index in [9.17, 15) is 0 Å². The summed E-state index contributed by atoms with van der Waals surface area (Å²) >= 11 is 0. The van der Waals surface area contributed by atoms with Crippen LogP contribution >= 0.6 is 0 Å². The molecule has 0 amide bonds. The first-order valence-electron chi connectivity index (χ1n) is 7.43. The number of rotatable bonds is 2. The molecule has 6 nitrogen and oxygen atoms in total. The minimum atomic E-state index is 1.01. The lowest BCUT2D eigenvalue weighted by molar-refractivity contribution is 0.310. The van der Waals surface area contributed by atoms with E-state index < -0.39 is 0 Å². The van der Waals surface area contributed by atoms with Crippen molar-refractivity contribution in [1.82, 2.24) is 20.0 Å². The van der Waals surface area contributed by atoms with Crippen molar-refractivity contribution in [2.75, 3.05) is 76.3 Å². The third kappa shape index (κ3) is 3.02. The summed E-state index contributed by atoms with van der Waals surface area (Å²) < 4.78 is 0. The number of nitrogens with zero attached hydrogens (tertiary/aromatic N) is 6. The van der Waals surface area contributed by atoms with E-state index in [0.717, 1.165) is 64.0 Å². The van der Waals surface area contributed by atoms with E-state index in [4.69, 9.17) is 0 Å². The van der Waals surface area contributed by atoms with Gasteiger partial charge < -0.3 is 19.6 Å². The lowest BCUT2D eigenvalue weighted by Crippen LogP contribution is -2.45. The molecule has 0 radical (unpaired) electrons. The highest BCUT2D eigenvalue weighted by molar-refractivity contribution is 5.45. The van der Waals surface area contributed by atoms with Gasteiger partial charge in [-0.3, -0.25) is 0 Å². The zero-order valence-corrected chi connectivity index (χ0v) is 12.5. The van der Waals surface area contributed by atoms with E-state index >= 15 is 0 Å². The van der Waals surface area contributed by atoms with Crippen molar-refractivity contribution in [1.29, 1.82) is 0 Å². The highest BCUT2D eigenvalue weighted by Crippen LogP contribution is 2.17. The Labute approximate surface area is 121 Å². The number of likely N-dealkylation sites (N-methyl/N-ethyl adjacent to an activating group) is 2. The van der Waals surface area contributed by atoms with Gasteiger partial charge in [-0.25, -0.2) is 0 Å². The second kappa shape index (κ2) is 5.93. The van der Waals surface area contributed by atoms with E-state index in [1.54, 1.807) is 0 Å². The summed E-state index contributed by atoms with van der Waals surface area (Å²) in [5, 5.41) is 8.85. The van der Waals surface area contributed by atoms with E-state index in [0.29, 0.717) is 0 Å². The molecule has 20 heavy (non-hydrogen) atoms. The van der Waals surface area contributed by atoms with E-state index in [1.165, 1.54) is 0 Å². The first kappa shape index (κ1) is 13.6. The van der Waals surface area contributed by atoms with Gasteiger partial charge in [0.25, 0.3) is 0 Å². The molecule has 2 fully saturated rings. The van der Waals surface area contributed by atoms with E-state index in [-0.39, 0.29) is 0 Å². The van der Waals surface area contributed by atoms with Crippen LogP contribution in [-0.4, -0.2) is 86.5 Å². The minimum Gasteiger partial charge on any atom is -0.353 e. The molecule has 0 bridgehead atoms. The monoisotopic (exact) mass is 276 g/mol. The summed E-state index contributed by atoms with van der Waals surface area (Å²) in [4.78, 5) is 9.34. The van der Waals surface area contributed by atoms with Crippen LogP contribution in [0.25, 0.3) is 0 Å². The zero-order valence-electron chi connectivity index (χ0n) is 12.5. The molecular weight excluding hydrogens is 252 g/mol. The maximum atomic E-state index is 4.42. The third-order valence-electron chi connectivity index (χ3n) is 4.29. The number of aromatic nitrogens is 2. The van der Waals surface area contributed by atoms with Gasteiger partial charge in [-0.1, -0.05) is 0 Å². The Hall–Kier alpha value is -1.40. The van der Waals surface area contributed by atoms with Gasteiger partial charge in [-0.2, -0.15) is 0 Å². The van der Waals surface area contributed by atoms with Gasteiger partial charge in [0.15, 0.2) is 11.6 Å². The van der Waals surface area contributed by atoms with Crippen LogP contribution in [0.4, 0.5) is 11.6 Å². The molecule has 1 aromatic heterocycles. The number of anilines is 2. The fourth-order valence-electron chi connectivity index (χ4n) is 2.73. The summed E-state index contributed by atoms with van der Waals surface area (Å²) in [6, 6.07) is 4.23. The fraction of sp³-hybridized carbons (Fsp3) is 0.714. The Morgan fingerprint density at radius 2 is 1.00 bits per heavy atom. The average molecular weight is 276 g/mol. The molecule has 0 unspecified atom stereocenters. The van der Waals surface area contributed by atoms with Crippen LogP contribution < -0.4 is 9.80 Å². The van der Waals surface area contributed by atoms with Gasteiger partial charge >= 0.3 is 0 Å². The highest BCUT2D eigenvalue weighted by atomic mass is 15.4. The fourth-order valence-corrected chi connectivity index (χ4v) is 2.73. The van der Waals surface area contributed by atoms with Gasteiger partial charge in [-0.05, 0) is 26.2 Å². The van der Waals surface area contributed by atoms with Crippen LogP contribution in [0, 0.1) is 0 Å². The van der Waals surface area contributed by atoms with Gasteiger partial charge in [0.05, 0.1) is 0 Å². The third-order valence-corrected chi connectivity index (χ3v) is 4.29. The molecule has 6 heteroatoms. The Morgan fingerprint density at radius 3 is 1.30 bits per heavy atom. The van der Waals surface area contributed by atoms with Crippen molar-refractivity contribution < 1.29 is 0 Å². The summed E-state index contributed by atoms with van der Waals surface area (Å²) in [5.41, 5.74) is 0. The van der Waals surface area contributed by atoms with Crippen molar-refractivity contribution in [3.05, 3.63) is 12.1 Å². The second-order valence-corrected chi connectivity index (χ2v) is 5.83. The summed E-state index contributed by atoms with van der Waals surface area (Å²) in [6.07, 6.45) is 0. The predicted octanol–water partition coefficient (Wildman–Crippen LogP) is -0.0198. The summed E-state index contributed by atoms with van der Waals surface area (Å²) in [6.45, 7) is 8.56. The molecule has 2 saturated heterocycles. The van der Waals surface area contributed by atoms with Crippen molar-refractivity contribution in [3.8, 4) is 0 Å². The predicted molar refractivity (Wildman–Crippen MR) is 81.5 cm³/mol. The largest absolute Gasteiger partial charge is 0.353 e. The molecule has 1 aromatic rings. The van der Waals surface area contributed by atoms with Crippen molar-refractivity contribution >= 4 is 11.6 Å². The van der Waals surface area contributed by atoms with Crippen LogP contribution in [0.3, 0.4) is 0 Å². The molecule has 3 rings (SSSR count). The quantitative estimate of drug-likeness (QED) is 0.756. The van der Waals surface area contributed by atoms with Crippen LogP contribution in [0.1, 0.15) is 0 Å². The number of hydrogen-bond acceptors (Lipinski definition) is 6. The lowest BCUT2D eigenvalue weighted by Gasteiger charge is -2.34. The summed E-state index contributed by atoms with van der Waals surface area (Å²) in [5.74, 6) is 2.02. The van der Waals surface area contributed by atoms with Crippen molar-refractivity contribution in [2.45, 2.75) is 0 Å². The molecule has 0 N–H and O–H groups in total. The highest BCUT2D eigenvalue weighted by Gasteiger charge is 2.18. The van der Waals surface area contributed by atoms with Crippen molar-refractivity contribution in [3.63, 3.8) is 0 Å². The summed E-state index contributed by atoms with van der Waals surface area (Å²) in [7, 11) is 4.33. The maximum absolute atomic E-state index is 4.42. The molecule has 0 atom stereocenters. The van der Waals surface area contributed by atoms with E-state index in [1.807, 2.05) is 0 Å². The molecule has 0 spiro atoms. The Balaban J connectivity index is 1.62. The topological polar surface area (TPSA) is 38.7 Å². The van der Waals surface area contributed by atoms with Gasteiger partial charge in [0.2, 0.25) is 0 Å². The van der Waals surface area contributed by atoms with Crippen LogP contribution in [0.5, 0.6) is 0 Å². The van der Waals surface area contributed by atoms with Gasteiger partial charge in [0, 0.05) is 52.4 Å². The molecule has 0 aliphatic carbocycles. The Bertz CT molecular complexity index is 377. The molecule has 3 heterocycles. The first-order valence-corrected chi connectivity index (χ1v) is 7.43. The number of piperazine rings is 2. The zero-order chi connectivity index (χ0) is 13.9. The Morgan fingerprint density at radius 1 is 0.650 bits per heavy atom. The van der Waals surface area contributed by atoms with Crippen LogP contribution in [-0.2, 0) is 0 Å². The van der Waals surface area contributed by atoms with E-state index in [2.05, 4.69) is 56.0 Å². The van der Waals surface area contributed by atoms with Crippen LogP contribution in [0.2, 0.25) is 0 Å². The second-order valence-electron chi connectivity index (χ2n) is 5.83. The molecule has 0 aromatic carbocycles. The molecule has 2 aliphatic rings. The molecule has 110 valence electrons. The van der Waals surface area contributed by atoms with Gasteiger partial charge in [-0.15, -0.1) is 10.2 Å². The molecular formula is C14H24N6. The normalized spacial score (nSPS) is 22.3. The van der Waals surface area contributed by atoms with Gasteiger partial charge in [0.1, 0.15) is 0 Å².